The fourth-order valence-corrected chi connectivity index (χ4v) is 6.11. The van der Waals surface area contributed by atoms with Gasteiger partial charge >= 0.3 is 5.97 Å². The number of rotatable bonds is 5. The summed E-state index contributed by atoms with van der Waals surface area (Å²) in [4.78, 5) is 12.4. The van der Waals surface area contributed by atoms with Crippen LogP contribution in [0, 0.1) is 25.7 Å². The molecule has 3 aliphatic rings. The first-order chi connectivity index (χ1) is 15.5. The molecule has 168 valence electrons. The number of halogens is 1. The van der Waals surface area contributed by atoms with E-state index < -0.39 is 0 Å². The Labute approximate surface area is 198 Å². The lowest BCUT2D eigenvalue weighted by Crippen LogP contribution is -2.57. The predicted molar refractivity (Wildman–Crippen MR) is 130 cm³/mol. The molecule has 6 unspecified atom stereocenters. The van der Waals surface area contributed by atoms with Gasteiger partial charge < -0.3 is 4.74 Å². The van der Waals surface area contributed by atoms with E-state index in [1.54, 1.807) is 0 Å². The van der Waals surface area contributed by atoms with Gasteiger partial charge in [0.15, 0.2) is 0 Å². The second kappa shape index (κ2) is 8.64. The van der Waals surface area contributed by atoms with E-state index in [4.69, 9.17) is 9.84 Å². The quantitative estimate of drug-likeness (QED) is 0.481. The smallest absolute Gasteiger partial charge is 0.309 e. The van der Waals surface area contributed by atoms with Crippen LogP contribution in [0.5, 0.6) is 0 Å². The van der Waals surface area contributed by atoms with Crippen LogP contribution in [0.4, 0.5) is 0 Å². The Morgan fingerprint density at radius 1 is 1.19 bits per heavy atom. The number of benzene rings is 2. The molecular weight excluding hydrogens is 466 g/mol. The molecule has 2 aliphatic heterocycles. The molecule has 0 spiro atoms. The van der Waals surface area contributed by atoms with Gasteiger partial charge in [-0.05, 0) is 56.2 Å². The zero-order valence-corrected chi connectivity index (χ0v) is 20.4. The van der Waals surface area contributed by atoms with E-state index >= 15 is 0 Å². The summed E-state index contributed by atoms with van der Waals surface area (Å²) in [5.41, 5.74) is 6.07. The maximum Gasteiger partial charge on any atom is 0.309 e. The van der Waals surface area contributed by atoms with E-state index in [9.17, 15) is 4.79 Å². The molecule has 5 nitrogen and oxygen atoms in total. The Morgan fingerprint density at radius 2 is 1.97 bits per heavy atom. The molecule has 6 heteroatoms. The summed E-state index contributed by atoms with van der Waals surface area (Å²) in [6, 6.07) is 17.5. The maximum absolute atomic E-state index is 12.3. The van der Waals surface area contributed by atoms with Crippen molar-refractivity contribution in [3.8, 4) is 0 Å². The standard InChI is InChI=1S/C26H30BrN3O2/c1-4-32-26(31)20-13-19(20)21-14-22(18-11-10-15(2)12-16(18)3)30-25(28-21)23(27)24(29-30)17-8-6-5-7-9-17/h5-12,19-23,25,28H,4,13-14H2,1-3H3. The normalized spacial score (nSPS) is 31.1. The zero-order chi connectivity index (χ0) is 22.4. The van der Waals surface area contributed by atoms with Gasteiger partial charge in [-0.15, -0.1) is 0 Å². The summed E-state index contributed by atoms with van der Waals surface area (Å²) in [7, 11) is 0. The van der Waals surface area contributed by atoms with Gasteiger partial charge in [-0.3, -0.25) is 15.1 Å². The first kappa shape index (κ1) is 21.7. The van der Waals surface area contributed by atoms with E-state index in [-0.39, 0.29) is 35.0 Å². The van der Waals surface area contributed by atoms with E-state index in [1.165, 1.54) is 16.7 Å². The number of ether oxygens (including phenoxy) is 1. The summed E-state index contributed by atoms with van der Waals surface area (Å²) in [5, 5.41) is 11.2. The van der Waals surface area contributed by atoms with Crippen molar-refractivity contribution in [1.82, 2.24) is 10.3 Å². The number of carbonyl (C=O) groups is 1. The van der Waals surface area contributed by atoms with Crippen LogP contribution in [0.1, 0.15) is 48.1 Å². The summed E-state index contributed by atoms with van der Waals surface area (Å²) in [5.74, 6) is 0.293. The highest BCUT2D eigenvalue weighted by Crippen LogP contribution is 2.49. The number of esters is 1. The highest BCUT2D eigenvalue weighted by molar-refractivity contribution is 9.10. The SMILES string of the molecule is CCOC(=O)C1CC1C1CC(c2ccc(C)cc2C)N2N=C(c3ccccc3)C(Br)C2N1. The monoisotopic (exact) mass is 495 g/mol. The van der Waals surface area contributed by atoms with Gasteiger partial charge in [0.2, 0.25) is 0 Å². The molecule has 0 bridgehead atoms. The van der Waals surface area contributed by atoms with Crippen LogP contribution >= 0.6 is 15.9 Å². The zero-order valence-electron chi connectivity index (χ0n) is 18.8. The first-order valence-corrected chi connectivity index (χ1v) is 12.5. The number of nitrogens with one attached hydrogen (secondary N) is 1. The Balaban J connectivity index is 1.48. The lowest BCUT2D eigenvalue weighted by molar-refractivity contribution is -0.145. The topological polar surface area (TPSA) is 53.9 Å². The molecule has 2 fully saturated rings. The lowest BCUT2D eigenvalue weighted by Gasteiger charge is -2.43. The van der Waals surface area contributed by atoms with Crippen molar-refractivity contribution in [3.63, 3.8) is 0 Å². The number of fused-ring (bicyclic) bond motifs is 1. The summed E-state index contributed by atoms with van der Waals surface area (Å²) in [6.45, 7) is 6.64. The van der Waals surface area contributed by atoms with Crippen LogP contribution in [0.3, 0.4) is 0 Å². The van der Waals surface area contributed by atoms with E-state index in [1.807, 2.05) is 13.0 Å². The average molecular weight is 496 g/mol. The summed E-state index contributed by atoms with van der Waals surface area (Å²) >= 11 is 3.95. The molecule has 0 aromatic heterocycles. The maximum atomic E-state index is 12.3. The van der Waals surface area contributed by atoms with Gasteiger partial charge in [0, 0.05) is 6.04 Å². The van der Waals surface area contributed by atoms with Crippen LogP contribution in [-0.4, -0.2) is 40.3 Å². The molecular formula is C26H30BrN3O2. The predicted octanol–water partition coefficient (Wildman–Crippen LogP) is 4.72. The lowest BCUT2D eigenvalue weighted by atomic mass is 9.89. The molecule has 0 amide bonds. The summed E-state index contributed by atoms with van der Waals surface area (Å²) < 4.78 is 5.30. The second-order valence-corrected chi connectivity index (χ2v) is 10.2. The van der Waals surface area contributed by atoms with E-state index in [2.05, 4.69) is 82.6 Å². The van der Waals surface area contributed by atoms with Crippen LogP contribution in [0.15, 0.2) is 53.6 Å². The Morgan fingerprint density at radius 3 is 2.69 bits per heavy atom. The molecule has 2 aromatic rings. The number of hydrogen-bond donors (Lipinski definition) is 1. The third kappa shape index (κ3) is 3.88. The molecule has 1 N–H and O–H groups in total. The Bertz CT molecular complexity index is 1040. The van der Waals surface area contributed by atoms with Crippen molar-refractivity contribution in [3.05, 3.63) is 70.8 Å². The minimum absolute atomic E-state index is 0.0171. The number of aryl methyl sites for hydroxylation is 2. The molecule has 6 atom stereocenters. The minimum Gasteiger partial charge on any atom is -0.466 e. The van der Waals surface area contributed by atoms with E-state index in [0.29, 0.717) is 12.5 Å². The number of hydrazone groups is 1. The Hall–Kier alpha value is -2.18. The summed E-state index contributed by atoms with van der Waals surface area (Å²) in [6.07, 6.45) is 1.87. The van der Waals surface area contributed by atoms with Gasteiger partial charge in [-0.2, -0.15) is 5.10 Å². The number of alkyl halides is 1. The van der Waals surface area contributed by atoms with Crippen molar-refractivity contribution in [2.24, 2.45) is 16.9 Å². The van der Waals surface area contributed by atoms with Gasteiger partial charge in [-0.25, -0.2) is 0 Å². The molecule has 32 heavy (non-hydrogen) atoms. The minimum atomic E-state index is -0.0483. The van der Waals surface area contributed by atoms with Gasteiger partial charge in [-0.1, -0.05) is 70.0 Å². The second-order valence-electron chi connectivity index (χ2n) is 9.22. The molecule has 5 rings (SSSR count). The highest BCUT2D eigenvalue weighted by Gasteiger charge is 2.54. The molecule has 2 aromatic carbocycles. The van der Waals surface area contributed by atoms with Crippen LogP contribution in [0.25, 0.3) is 0 Å². The number of hydrogen-bond acceptors (Lipinski definition) is 5. The molecule has 1 saturated heterocycles. The Kier molecular flexibility index (Phi) is 5.84. The third-order valence-electron chi connectivity index (χ3n) is 7.03. The van der Waals surface area contributed by atoms with E-state index in [0.717, 1.165) is 24.1 Å². The number of nitrogens with zero attached hydrogens (tertiary/aromatic N) is 2. The van der Waals surface area contributed by atoms with Gasteiger partial charge in [0.05, 0.1) is 29.1 Å². The van der Waals surface area contributed by atoms with Crippen LogP contribution < -0.4 is 5.32 Å². The fraction of sp³-hybridized carbons (Fsp3) is 0.462. The van der Waals surface area contributed by atoms with Crippen molar-refractivity contribution >= 4 is 27.6 Å². The first-order valence-electron chi connectivity index (χ1n) is 11.5. The van der Waals surface area contributed by atoms with Gasteiger partial charge in [0.25, 0.3) is 0 Å². The molecule has 1 aliphatic carbocycles. The fourth-order valence-electron chi connectivity index (χ4n) is 5.36. The third-order valence-corrected chi connectivity index (χ3v) is 7.96. The van der Waals surface area contributed by atoms with Crippen LogP contribution in [-0.2, 0) is 9.53 Å². The molecule has 1 saturated carbocycles. The van der Waals surface area contributed by atoms with Gasteiger partial charge in [0.1, 0.15) is 6.17 Å². The largest absolute Gasteiger partial charge is 0.466 e. The number of carbonyl (C=O) groups excluding carboxylic acids is 1. The van der Waals surface area contributed by atoms with Crippen molar-refractivity contribution in [2.75, 3.05) is 6.61 Å². The molecule has 0 radical (unpaired) electrons. The van der Waals surface area contributed by atoms with Crippen LogP contribution in [0.2, 0.25) is 0 Å². The molecule has 2 heterocycles. The van der Waals surface area contributed by atoms with Crippen molar-refractivity contribution in [2.45, 2.75) is 56.7 Å². The highest BCUT2D eigenvalue weighted by atomic mass is 79.9. The average Bonchev–Trinajstić information content (AvgIpc) is 3.52. The van der Waals surface area contributed by atoms with Crippen molar-refractivity contribution < 1.29 is 9.53 Å². The van der Waals surface area contributed by atoms with Crippen molar-refractivity contribution in [1.29, 1.82) is 0 Å².